The lowest BCUT2D eigenvalue weighted by Gasteiger charge is -2.30. The van der Waals surface area contributed by atoms with Gasteiger partial charge in [0.2, 0.25) is 18.4 Å². The molecule has 1 saturated heterocycles. The third-order valence-corrected chi connectivity index (χ3v) is 11.7. The van der Waals surface area contributed by atoms with Gasteiger partial charge in [0.15, 0.2) is 17.4 Å². The molecule has 2 fully saturated rings. The lowest BCUT2D eigenvalue weighted by Crippen LogP contribution is -2.38. The molecule has 5 rings (SSSR count). The zero-order valence-corrected chi connectivity index (χ0v) is 34.6. The van der Waals surface area contributed by atoms with E-state index in [1.54, 1.807) is 25.3 Å². The molecule has 3 aromatic rings. The normalized spacial score (nSPS) is 25.6. The highest BCUT2D eigenvalue weighted by atomic mass is 31.2. The Bertz CT molecular complexity index is 2130. The molecule has 6 unspecified atom stereocenters. The second-order valence-corrected chi connectivity index (χ2v) is 16.1. The first-order valence-corrected chi connectivity index (χ1v) is 20.6. The fourth-order valence-electron chi connectivity index (χ4n) is 7.00. The van der Waals surface area contributed by atoms with E-state index in [2.05, 4.69) is 30.1 Å². The predicted octanol–water partition coefficient (Wildman–Crippen LogP) is 2.59. The van der Waals surface area contributed by atoms with Gasteiger partial charge in [-0.1, -0.05) is 34.1 Å². The third kappa shape index (κ3) is 10.4. The summed E-state index contributed by atoms with van der Waals surface area (Å²) in [4.78, 5) is 67.7. The maximum absolute atomic E-state index is 14.7. The van der Waals surface area contributed by atoms with E-state index in [-0.39, 0.29) is 86.6 Å². The van der Waals surface area contributed by atoms with Crippen LogP contribution in [0.4, 0.5) is 5.95 Å². The molecule has 1 aliphatic heterocycles. The van der Waals surface area contributed by atoms with Crippen molar-refractivity contribution in [1.82, 2.24) is 29.1 Å². The van der Waals surface area contributed by atoms with Gasteiger partial charge in [0, 0.05) is 37.8 Å². The van der Waals surface area contributed by atoms with Crippen molar-refractivity contribution in [3.63, 3.8) is 0 Å². The summed E-state index contributed by atoms with van der Waals surface area (Å²) in [6, 6.07) is -0.556. The largest absolute Gasteiger partial charge is 0.475 e. The topological polar surface area (TPSA) is 243 Å². The first-order chi connectivity index (χ1) is 27.7. The van der Waals surface area contributed by atoms with Crippen molar-refractivity contribution in [2.45, 2.75) is 84.1 Å². The number of hydrogen-bond donors (Lipinski definition) is 3. The standard InChI is InChI=1S/C36H53N8O13P/c1-9-23-16-24(44-19-38-26-30(44)39-35(41-33(26)47)40-31(45)20(2)3)29(53-15-13-51-8)28(23)57-58(49,54-11-10-37-6)55-18-25-22(5)27(52-14-12-50-7)34(56-25)43-17-21(4)32(46)42-36(43)48/h17,19-20,22-25,27-29,34H,9-16,18H2,1-5,7-8H3,(H,42,46,48)(H2,39,40,41,45,47)/t22-,23?,24?,25+,27?,28?,29?,34+,58?/m0/s1. The van der Waals surface area contributed by atoms with Crippen LogP contribution in [-0.4, -0.2) is 120 Å². The number of fused-ring (bicyclic) bond motifs is 1. The van der Waals surface area contributed by atoms with Crippen molar-refractivity contribution >= 4 is 30.8 Å². The second kappa shape index (κ2) is 20.2. The first-order valence-electron chi connectivity index (χ1n) is 19.1. The van der Waals surface area contributed by atoms with Crippen LogP contribution in [0.15, 0.2) is 26.9 Å². The van der Waals surface area contributed by atoms with Crippen molar-refractivity contribution in [3.05, 3.63) is 60.7 Å². The number of imidazole rings is 1. The number of H-pyrrole nitrogens is 2. The van der Waals surface area contributed by atoms with Gasteiger partial charge in [-0.2, -0.15) is 4.98 Å². The summed E-state index contributed by atoms with van der Waals surface area (Å²) in [5.74, 6) is -1.49. The summed E-state index contributed by atoms with van der Waals surface area (Å²) >= 11 is 0. The van der Waals surface area contributed by atoms with Crippen molar-refractivity contribution < 1.29 is 46.6 Å². The maximum Gasteiger partial charge on any atom is 0.475 e. The number of aromatic amines is 2. The van der Waals surface area contributed by atoms with E-state index in [9.17, 15) is 23.7 Å². The molecule has 0 spiro atoms. The molecular weight excluding hydrogens is 783 g/mol. The maximum atomic E-state index is 14.7. The molecule has 0 bridgehead atoms. The van der Waals surface area contributed by atoms with Crippen molar-refractivity contribution in [2.75, 3.05) is 65.7 Å². The minimum Gasteiger partial charge on any atom is -0.382 e. The number of nitrogens with zero attached hydrogens (tertiary/aromatic N) is 5. The Morgan fingerprint density at radius 3 is 2.40 bits per heavy atom. The van der Waals surface area contributed by atoms with Gasteiger partial charge in [-0.25, -0.2) is 20.9 Å². The summed E-state index contributed by atoms with van der Waals surface area (Å²) < 4.78 is 65.0. The highest BCUT2D eigenvalue weighted by molar-refractivity contribution is 7.48. The fraction of sp³-hybridized carbons (Fsp3) is 0.694. The number of nitrogens with one attached hydrogen (secondary N) is 3. The Balaban J connectivity index is 1.45. The van der Waals surface area contributed by atoms with Crippen LogP contribution in [0.25, 0.3) is 16.0 Å². The van der Waals surface area contributed by atoms with Crippen LogP contribution in [0, 0.1) is 31.2 Å². The number of amides is 1. The molecule has 3 aromatic heterocycles. The Morgan fingerprint density at radius 2 is 1.74 bits per heavy atom. The molecule has 2 aliphatic rings. The smallest absolute Gasteiger partial charge is 0.382 e. The monoisotopic (exact) mass is 836 g/mol. The molecule has 3 N–H and O–H groups in total. The van der Waals surface area contributed by atoms with Gasteiger partial charge in [-0.05, 0) is 19.3 Å². The summed E-state index contributed by atoms with van der Waals surface area (Å²) in [5.41, 5.74) is -1.27. The minimum atomic E-state index is -4.51. The van der Waals surface area contributed by atoms with Gasteiger partial charge in [0.1, 0.15) is 24.9 Å². The summed E-state index contributed by atoms with van der Waals surface area (Å²) in [6.07, 6.45) is -0.439. The number of aryl methyl sites for hydroxylation is 1. The molecule has 1 saturated carbocycles. The van der Waals surface area contributed by atoms with Gasteiger partial charge in [0.05, 0.1) is 51.5 Å². The molecule has 21 nitrogen and oxygen atoms in total. The molecule has 9 atom stereocenters. The number of ether oxygens (including phenoxy) is 5. The number of methoxy groups -OCH3 is 2. The molecule has 0 radical (unpaired) electrons. The van der Waals surface area contributed by atoms with E-state index in [0.717, 1.165) is 0 Å². The Hall–Kier alpha value is -4.10. The fourth-order valence-corrected chi connectivity index (χ4v) is 8.42. The van der Waals surface area contributed by atoms with E-state index in [1.807, 2.05) is 13.8 Å². The number of carbonyl (C=O) groups excluding carboxylic acids is 1. The SMILES string of the molecule is [C-]#[N+]CCOP(=O)(OC[C@H]1O[C@@H](n2cc(C)c(=O)[nH]c2=O)C(OCCOC)[C@H]1C)OC1C(CC)CC(n2cnc3c(=O)[nH]c(NC(=O)C(C)C)nc32)C1OCCOC. The van der Waals surface area contributed by atoms with Crippen LogP contribution in [-0.2, 0) is 46.6 Å². The quantitative estimate of drug-likeness (QED) is 0.0794. The molecule has 58 heavy (non-hydrogen) atoms. The molecule has 1 aliphatic carbocycles. The van der Waals surface area contributed by atoms with Crippen LogP contribution in [0.5, 0.6) is 0 Å². The van der Waals surface area contributed by atoms with Crippen molar-refractivity contribution in [1.29, 1.82) is 0 Å². The second-order valence-electron chi connectivity index (χ2n) is 14.4. The van der Waals surface area contributed by atoms with Crippen molar-refractivity contribution in [2.24, 2.45) is 17.8 Å². The third-order valence-electron chi connectivity index (χ3n) is 10.2. The van der Waals surface area contributed by atoms with E-state index < -0.39 is 67.2 Å². The minimum absolute atomic E-state index is 0.0415. The van der Waals surface area contributed by atoms with Crippen LogP contribution >= 0.6 is 7.82 Å². The molecule has 4 heterocycles. The molecule has 320 valence electrons. The van der Waals surface area contributed by atoms with Gasteiger partial charge < -0.3 is 33.1 Å². The lowest BCUT2D eigenvalue weighted by atomic mass is 10.0. The average Bonchev–Trinajstić information content (AvgIpc) is 3.85. The van der Waals surface area contributed by atoms with E-state index in [0.29, 0.717) is 12.8 Å². The summed E-state index contributed by atoms with van der Waals surface area (Å²) in [7, 11) is -1.46. The van der Waals surface area contributed by atoms with Crippen LogP contribution in [0.2, 0.25) is 0 Å². The number of phosphoric acid groups is 1. The summed E-state index contributed by atoms with van der Waals surface area (Å²) in [5, 5.41) is 2.63. The highest BCUT2D eigenvalue weighted by Gasteiger charge is 2.51. The van der Waals surface area contributed by atoms with Gasteiger partial charge in [-0.3, -0.25) is 47.8 Å². The van der Waals surface area contributed by atoms with Crippen LogP contribution < -0.4 is 22.1 Å². The molecule has 22 heteroatoms. The molecular formula is C36H53N8O13P. The molecule has 0 aromatic carbocycles. The first kappa shape index (κ1) is 45.0. The van der Waals surface area contributed by atoms with Crippen LogP contribution in [0.3, 0.4) is 0 Å². The van der Waals surface area contributed by atoms with E-state index in [1.165, 1.54) is 31.3 Å². The highest BCUT2D eigenvalue weighted by Crippen LogP contribution is 2.56. The van der Waals surface area contributed by atoms with E-state index in [4.69, 9.17) is 43.8 Å². The number of hydrogen-bond acceptors (Lipinski definition) is 15. The average molecular weight is 837 g/mol. The van der Waals surface area contributed by atoms with Crippen LogP contribution in [0.1, 0.15) is 58.4 Å². The van der Waals surface area contributed by atoms with E-state index >= 15 is 0 Å². The lowest BCUT2D eigenvalue weighted by molar-refractivity contribution is -0.118. The predicted molar refractivity (Wildman–Crippen MR) is 207 cm³/mol. The van der Waals surface area contributed by atoms with Crippen molar-refractivity contribution in [3.8, 4) is 0 Å². The zero-order valence-electron chi connectivity index (χ0n) is 33.7. The summed E-state index contributed by atoms with van der Waals surface area (Å²) in [6.45, 7) is 16.1. The number of rotatable bonds is 21. The molecule has 1 amide bonds. The van der Waals surface area contributed by atoms with Gasteiger partial charge in [0.25, 0.3) is 11.1 Å². The van der Waals surface area contributed by atoms with Gasteiger partial charge in [-0.15, -0.1) is 0 Å². The number of aromatic nitrogens is 6. The number of anilines is 1. The number of phosphoric ester groups is 1. The van der Waals surface area contributed by atoms with Gasteiger partial charge >= 0.3 is 13.5 Å². The zero-order chi connectivity index (χ0) is 42.1. The number of carbonyl (C=O) groups is 1. The Kier molecular flexibility index (Phi) is 15.7. The Morgan fingerprint density at radius 1 is 1.03 bits per heavy atom. The Labute approximate surface area is 334 Å².